The van der Waals surface area contributed by atoms with E-state index in [-0.39, 0.29) is 23.0 Å². The van der Waals surface area contributed by atoms with E-state index in [1.54, 1.807) is 12.2 Å². The van der Waals surface area contributed by atoms with Gasteiger partial charge in [-0.15, -0.1) is 34.7 Å². The first-order valence-electron chi connectivity index (χ1n) is 19.7. The largest absolute Gasteiger partial charge is 0.448 e. The van der Waals surface area contributed by atoms with E-state index in [0.717, 1.165) is 39.2 Å². The van der Waals surface area contributed by atoms with Crippen molar-refractivity contribution in [3.8, 4) is 0 Å². The van der Waals surface area contributed by atoms with Crippen molar-refractivity contribution in [2.24, 2.45) is 5.16 Å². The molecule has 2 aliphatic rings. The van der Waals surface area contributed by atoms with Gasteiger partial charge < -0.3 is 20.2 Å². The van der Waals surface area contributed by atoms with Gasteiger partial charge in [-0.3, -0.25) is 14.5 Å². The van der Waals surface area contributed by atoms with Crippen LogP contribution >= 0.6 is 34.7 Å². The molecule has 63 heavy (non-hydrogen) atoms. The van der Waals surface area contributed by atoms with Gasteiger partial charge in [-0.2, -0.15) is 8.78 Å². The number of halogens is 3. The van der Waals surface area contributed by atoms with Crippen LogP contribution < -0.4 is 10.6 Å². The van der Waals surface area contributed by atoms with E-state index in [1.165, 1.54) is 22.0 Å². The lowest BCUT2D eigenvalue weighted by molar-refractivity contribution is -0.154. The van der Waals surface area contributed by atoms with Gasteiger partial charge in [0, 0.05) is 17.0 Å². The Kier molecular flexibility index (Phi) is 13.4. The Balaban J connectivity index is 1.07. The number of nitrogens with zero attached hydrogens (tertiary/aromatic N) is 3. The average molecular weight is 902 g/mol. The number of anilines is 1. The van der Waals surface area contributed by atoms with Crippen LogP contribution in [0.2, 0.25) is 0 Å². The summed E-state index contributed by atoms with van der Waals surface area (Å²) in [5.41, 5.74) is 2.99. The highest BCUT2D eigenvalue weighted by molar-refractivity contribution is 8.00. The number of allylic oxidation sites excluding steroid dienone is 2. The summed E-state index contributed by atoms with van der Waals surface area (Å²) < 4.78 is 33.2. The molecule has 8 rings (SSSR count). The summed E-state index contributed by atoms with van der Waals surface area (Å²) in [6.07, 6.45) is 2.54. The number of esters is 1. The van der Waals surface area contributed by atoms with E-state index >= 15 is 0 Å². The van der Waals surface area contributed by atoms with Crippen LogP contribution in [-0.2, 0) is 29.5 Å². The molecule has 0 bridgehead atoms. The van der Waals surface area contributed by atoms with E-state index < -0.39 is 53.2 Å². The minimum atomic E-state index is -3.35. The second-order valence-electron chi connectivity index (χ2n) is 14.2. The van der Waals surface area contributed by atoms with Crippen LogP contribution in [0.1, 0.15) is 39.6 Å². The van der Waals surface area contributed by atoms with Crippen molar-refractivity contribution in [3.05, 3.63) is 214 Å². The number of alkyl halides is 3. The minimum Gasteiger partial charge on any atom is -0.448 e. The third-order valence-corrected chi connectivity index (χ3v) is 12.7. The Labute approximate surface area is 375 Å². The molecular formula is C48H38ClF2N5O5S2. The normalized spacial score (nSPS) is 16.5. The number of fused-ring (bicyclic) bond motifs is 1. The van der Waals surface area contributed by atoms with E-state index in [9.17, 15) is 23.2 Å². The maximum absolute atomic E-state index is 14.3. The highest BCUT2D eigenvalue weighted by Gasteiger charge is 2.55. The maximum atomic E-state index is 14.3. The Morgan fingerprint density at radius 2 is 1.37 bits per heavy atom. The van der Waals surface area contributed by atoms with Gasteiger partial charge in [0.2, 0.25) is 0 Å². The molecule has 318 valence electrons. The van der Waals surface area contributed by atoms with Crippen LogP contribution in [-0.4, -0.2) is 63.0 Å². The van der Waals surface area contributed by atoms with Gasteiger partial charge in [0.25, 0.3) is 11.8 Å². The molecule has 0 radical (unpaired) electrons. The van der Waals surface area contributed by atoms with Gasteiger partial charge in [-0.05, 0) is 33.4 Å². The Bertz CT molecular complexity index is 2500. The first-order chi connectivity index (χ1) is 30.8. The summed E-state index contributed by atoms with van der Waals surface area (Å²) in [5.74, 6) is -1.93. The number of β-lactam (4-membered cyclic amide) rings is 1. The molecule has 15 heteroatoms. The molecular weight excluding hydrogens is 864 g/mol. The van der Waals surface area contributed by atoms with Crippen molar-refractivity contribution >= 4 is 63.3 Å². The fraction of sp³-hybridized carbons (Fsp3) is 0.146. The van der Waals surface area contributed by atoms with Gasteiger partial charge in [-0.25, -0.2) is 9.78 Å². The van der Waals surface area contributed by atoms with Crippen molar-refractivity contribution in [1.82, 2.24) is 15.2 Å². The quantitative estimate of drug-likeness (QED) is 0.0246. The number of nitrogens with one attached hydrogen (secondary N) is 2. The lowest BCUT2D eigenvalue weighted by atomic mass is 9.77. The van der Waals surface area contributed by atoms with Crippen LogP contribution in [0.5, 0.6) is 0 Å². The van der Waals surface area contributed by atoms with Gasteiger partial charge in [-0.1, -0.05) is 169 Å². The number of carbonyl (C=O) groups excluding carboxylic acids is 3. The maximum Gasteiger partial charge on any atom is 0.407 e. The smallest absolute Gasteiger partial charge is 0.407 e. The van der Waals surface area contributed by atoms with Crippen molar-refractivity contribution < 1.29 is 32.7 Å². The third kappa shape index (κ3) is 9.15. The molecule has 6 aromatic rings. The number of oxime groups is 1. The molecule has 2 atom stereocenters. The van der Waals surface area contributed by atoms with Crippen molar-refractivity contribution in [2.45, 2.75) is 29.7 Å². The second-order valence-corrected chi connectivity index (χ2v) is 16.5. The number of rotatable bonds is 16. The summed E-state index contributed by atoms with van der Waals surface area (Å²) in [4.78, 5) is 52.7. The van der Waals surface area contributed by atoms with Crippen molar-refractivity contribution in [2.75, 3.05) is 16.9 Å². The van der Waals surface area contributed by atoms with Crippen LogP contribution in [0.25, 0.3) is 0 Å². The number of hydrogen-bond donors (Lipinski definition) is 2. The first-order valence-corrected chi connectivity index (χ1v) is 22.2. The second kappa shape index (κ2) is 19.6. The zero-order chi connectivity index (χ0) is 43.8. The highest BCUT2D eigenvalue weighted by atomic mass is 35.5. The van der Waals surface area contributed by atoms with Crippen LogP contribution in [0, 0.1) is 0 Å². The molecule has 0 aliphatic carbocycles. The zero-order valence-electron chi connectivity index (χ0n) is 33.2. The van der Waals surface area contributed by atoms with E-state index in [1.807, 2.05) is 152 Å². The van der Waals surface area contributed by atoms with E-state index in [4.69, 9.17) is 16.3 Å². The zero-order valence-corrected chi connectivity index (χ0v) is 35.6. The van der Waals surface area contributed by atoms with Gasteiger partial charge in [0.15, 0.2) is 16.9 Å². The number of carbonyl (C=O) groups is 3. The first kappa shape index (κ1) is 43.1. The van der Waals surface area contributed by atoms with Gasteiger partial charge in [0.05, 0.1) is 0 Å². The Hall–Kier alpha value is -6.61. The molecule has 10 nitrogen and oxygen atoms in total. The number of amides is 2. The summed E-state index contributed by atoms with van der Waals surface area (Å²) >= 11 is 8.42. The molecule has 0 unspecified atom stereocenters. The topological polar surface area (TPSA) is 122 Å². The standard InChI is InChI=1S/C48H38ClF2N5O5S2/c49-28-16-21-33-29-62-44-39(43(58)56(44)40(33)45(59)60-41(31-17-6-1-7-18-31)32-19-8-2-9-20-32)53-42(57)38(55-61-46(50)51)37-30-63-47(52-37)54-48(34-22-10-3-11-23-34,35-24-12-4-13-25-35)36-26-14-5-15-27-36/h1-27,30,39,41,44,46H,28-29H2,(H,52,54)(H,53,57)/b21-16+,55-38-/t39-,44+/m1/s1. The van der Waals surface area contributed by atoms with Gasteiger partial charge >= 0.3 is 12.6 Å². The van der Waals surface area contributed by atoms with Crippen molar-refractivity contribution in [3.63, 3.8) is 0 Å². The number of benzene rings is 5. The molecule has 0 saturated carbocycles. The summed E-state index contributed by atoms with van der Waals surface area (Å²) in [6, 6.07) is 46.6. The third-order valence-electron chi connectivity index (χ3n) is 10.4. The molecule has 1 saturated heterocycles. The van der Waals surface area contributed by atoms with Crippen LogP contribution in [0.4, 0.5) is 13.9 Å². The molecule has 5 aromatic carbocycles. The Morgan fingerprint density at radius 3 is 1.87 bits per heavy atom. The fourth-order valence-corrected chi connectivity index (χ4v) is 9.74. The number of thiazole rings is 1. The van der Waals surface area contributed by atoms with Gasteiger partial charge in [0.1, 0.15) is 28.3 Å². The Morgan fingerprint density at radius 1 is 0.841 bits per heavy atom. The predicted octanol–water partition coefficient (Wildman–Crippen LogP) is 9.27. The minimum absolute atomic E-state index is 0.0105. The van der Waals surface area contributed by atoms with Crippen molar-refractivity contribution in [1.29, 1.82) is 0 Å². The molecule has 1 fully saturated rings. The molecule has 2 amide bonds. The van der Waals surface area contributed by atoms with E-state index in [2.05, 4.69) is 25.6 Å². The molecule has 1 aromatic heterocycles. The molecule has 2 aliphatic heterocycles. The highest BCUT2D eigenvalue weighted by Crippen LogP contribution is 2.43. The molecule has 0 spiro atoms. The average Bonchev–Trinajstić information content (AvgIpc) is 3.79. The van der Waals surface area contributed by atoms with E-state index in [0.29, 0.717) is 10.7 Å². The summed E-state index contributed by atoms with van der Waals surface area (Å²) in [6.45, 7) is -3.35. The predicted molar refractivity (Wildman–Crippen MR) is 241 cm³/mol. The SMILES string of the molecule is O=C(OC(c1ccccc1)c1ccccc1)C1=C(/C=C/CCl)CS[C@H]2[C@H](NC(=O)/C(=N\OC(F)F)c3csc(NC(c4ccccc4)(c4ccccc4)c4ccccc4)n3)C(=O)N12. The number of aromatic nitrogens is 1. The molecule has 2 N–H and O–H groups in total. The monoisotopic (exact) mass is 901 g/mol. The lowest BCUT2D eigenvalue weighted by Crippen LogP contribution is -2.71. The lowest BCUT2D eigenvalue weighted by Gasteiger charge is -2.49. The van der Waals surface area contributed by atoms with Crippen LogP contribution in [0.3, 0.4) is 0 Å². The fourth-order valence-electron chi connectivity index (χ4n) is 7.58. The summed E-state index contributed by atoms with van der Waals surface area (Å²) in [7, 11) is 0. The van der Waals surface area contributed by atoms with Crippen LogP contribution in [0.15, 0.2) is 186 Å². The molecule has 3 heterocycles. The summed E-state index contributed by atoms with van der Waals surface area (Å²) in [5, 5.41) is 10.9. The number of ether oxygens (including phenoxy) is 1. The number of thioether (sulfide) groups is 1. The number of hydrogen-bond acceptors (Lipinski definition) is 10.